The van der Waals surface area contributed by atoms with Crippen molar-refractivity contribution in [2.45, 2.75) is 33.1 Å². The molecule has 0 radical (unpaired) electrons. The van der Waals surface area contributed by atoms with Gasteiger partial charge in [-0.15, -0.1) is 0 Å². The van der Waals surface area contributed by atoms with Crippen molar-refractivity contribution in [2.75, 3.05) is 31.6 Å². The van der Waals surface area contributed by atoms with E-state index in [1.54, 1.807) is 7.11 Å². The Labute approximate surface area is 146 Å². The molecule has 3 nitrogen and oxygen atoms in total. The van der Waals surface area contributed by atoms with Crippen LogP contribution in [0.1, 0.15) is 36.5 Å². The fraction of sp³-hybridized carbons (Fsp3) is 0.429. The Morgan fingerprint density at radius 2 is 1.71 bits per heavy atom. The van der Waals surface area contributed by atoms with E-state index in [1.807, 2.05) is 6.07 Å². The van der Waals surface area contributed by atoms with Crippen molar-refractivity contribution in [3.63, 3.8) is 0 Å². The lowest BCUT2D eigenvalue weighted by molar-refractivity contribution is 0.405. The van der Waals surface area contributed by atoms with Crippen molar-refractivity contribution in [1.82, 2.24) is 0 Å². The second-order valence-corrected chi connectivity index (χ2v) is 6.22. The average Bonchev–Trinajstić information content (AvgIpc) is 2.62. The molecule has 24 heavy (non-hydrogen) atoms. The summed E-state index contributed by atoms with van der Waals surface area (Å²) >= 11 is 0. The Kier molecular flexibility index (Phi) is 6.68. The van der Waals surface area contributed by atoms with Crippen LogP contribution in [-0.4, -0.2) is 26.7 Å². The number of benzene rings is 2. The van der Waals surface area contributed by atoms with Gasteiger partial charge >= 0.3 is 0 Å². The smallest absolute Gasteiger partial charge is 0.122 e. The summed E-state index contributed by atoms with van der Waals surface area (Å²) in [7, 11) is 1.72. The van der Waals surface area contributed by atoms with Gasteiger partial charge in [-0.3, -0.25) is 0 Å². The number of aryl methyl sites for hydroxylation is 1. The summed E-state index contributed by atoms with van der Waals surface area (Å²) < 4.78 is 5.54. The van der Waals surface area contributed by atoms with Gasteiger partial charge < -0.3 is 15.4 Å². The fourth-order valence-electron chi connectivity index (χ4n) is 3.21. The number of methoxy groups -OCH3 is 1. The molecule has 0 saturated carbocycles. The summed E-state index contributed by atoms with van der Waals surface area (Å²) in [5.41, 5.74) is 11.1. The van der Waals surface area contributed by atoms with Crippen molar-refractivity contribution >= 4 is 5.69 Å². The van der Waals surface area contributed by atoms with E-state index in [1.165, 1.54) is 22.4 Å². The molecule has 0 fully saturated rings. The zero-order chi connectivity index (χ0) is 17.5. The molecule has 1 unspecified atom stereocenters. The summed E-state index contributed by atoms with van der Waals surface area (Å²) in [5, 5.41) is 0. The Bertz CT molecular complexity index is 633. The van der Waals surface area contributed by atoms with E-state index < -0.39 is 0 Å². The van der Waals surface area contributed by atoms with Crippen molar-refractivity contribution in [2.24, 2.45) is 5.73 Å². The lowest BCUT2D eigenvalue weighted by atomic mass is 9.90. The van der Waals surface area contributed by atoms with E-state index in [-0.39, 0.29) is 5.92 Å². The third-order valence-corrected chi connectivity index (χ3v) is 4.66. The molecule has 3 heteroatoms. The van der Waals surface area contributed by atoms with Crippen LogP contribution in [-0.2, 0) is 6.42 Å². The SMILES string of the molecule is CCN(CC)c1ccc(CC(CN)c2cc(C)ccc2OC)cc1. The maximum Gasteiger partial charge on any atom is 0.122 e. The van der Waals surface area contributed by atoms with Crippen LogP contribution >= 0.6 is 0 Å². The average molecular weight is 326 g/mol. The van der Waals surface area contributed by atoms with Crippen molar-refractivity contribution in [1.29, 1.82) is 0 Å². The van der Waals surface area contributed by atoms with Crippen LogP contribution in [0.3, 0.4) is 0 Å². The Morgan fingerprint density at radius 3 is 2.25 bits per heavy atom. The monoisotopic (exact) mass is 326 g/mol. The molecule has 2 rings (SSSR count). The van der Waals surface area contributed by atoms with Crippen molar-refractivity contribution in [3.05, 3.63) is 59.2 Å². The summed E-state index contributed by atoms with van der Waals surface area (Å²) in [4.78, 5) is 2.35. The summed E-state index contributed by atoms with van der Waals surface area (Å²) in [6, 6.07) is 15.2. The van der Waals surface area contributed by atoms with Crippen LogP contribution < -0.4 is 15.4 Å². The van der Waals surface area contributed by atoms with Crippen LogP contribution in [0.5, 0.6) is 5.75 Å². The van der Waals surface area contributed by atoms with Gasteiger partial charge in [-0.1, -0.05) is 29.8 Å². The zero-order valence-corrected chi connectivity index (χ0v) is 15.4. The van der Waals surface area contributed by atoms with Gasteiger partial charge in [0.2, 0.25) is 0 Å². The minimum absolute atomic E-state index is 0.263. The molecular weight excluding hydrogens is 296 g/mol. The minimum atomic E-state index is 0.263. The van der Waals surface area contributed by atoms with Gasteiger partial charge in [0.25, 0.3) is 0 Å². The van der Waals surface area contributed by atoms with Gasteiger partial charge in [0, 0.05) is 24.7 Å². The van der Waals surface area contributed by atoms with E-state index in [0.29, 0.717) is 6.54 Å². The van der Waals surface area contributed by atoms with Crippen LogP contribution in [0, 0.1) is 6.92 Å². The molecule has 0 bridgehead atoms. The van der Waals surface area contributed by atoms with Crippen molar-refractivity contribution < 1.29 is 4.74 Å². The molecule has 0 spiro atoms. The maximum absolute atomic E-state index is 6.08. The zero-order valence-electron chi connectivity index (χ0n) is 15.4. The third-order valence-electron chi connectivity index (χ3n) is 4.66. The van der Waals surface area contributed by atoms with Crippen LogP contribution in [0.2, 0.25) is 0 Å². The number of nitrogens with two attached hydrogens (primary N) is 1. The lowest BCUT2D eigenvalue weighted by Gasteiger charge is -2.22. The van der Waals surface area contributed by atoms with Gasteiger partial charge in [-0.05, 0) is 63.1 Å². The van der Waals surface area contributed by atoms with E-state index in [0.717, 1.165) is 25.3 Å². The number of hydrogen-bond acceptors (Lipinski definition) is 3. The van der Waals surface area contributed by atoms with Gasteiger partial charge in [0.1, 0.15) is 5.75 Å². The molecule has 2 N–H and O–H groups in total. The number of rotatable bonds is 8. The molecule has 0 saturated heterocycles. The third kappa shape index (κ3) is 4.30. The van der Waals surface area contributed by atoms with Crippen LogP contribution in [0.25, 0.3) is 0 Å². The highest BCUT2D eigenvalue weighted by molar-refractivity contribution is 5.48. The molecule has 0 aromatic heterocycles. The lowest BCUT2D eigenvalue weighted by Crippen LogP contribution is -2.21. The second-order valence-electron chi connectivity index (χ2n) is 6.22. The molecule has 130 valence electrons. The summed E-state index contributed by atoms with van der Waals surface area (Å²) in [6.07, 6.45) is 0.925. The first kappa shape index (κ1) is 18.3. The van der Waals surface area contributed by atoms with E-state index in [2.05, 4.69) is 62.1 Å². The molecule has 0 aliphatic heterocycles. The summed E-state index contributed by atoms with van der Waals surface area (Å²) in [6.45, 7) is 9.15. The van der Waals surface area contributed by atoms with E-state index in [4.69, 9.17) is 10.5 Å². The molecule has 2 aromatic carbocycles. The van der Waals surface area contributed by atoms with Crippen molar-refractivity contribution in [3.8, 4) is 5.75 Å². The Morgan fingerprint density at radius 1 is 1.04 bits per heavy atom. The summed E-state index contributed by atoms with van der Waals surface area (Å²) in [5.74, 6) is 1.19. The topological polar surface area (TPSA) is 38.5 Å². The highest BCUT2D eigenvalue weighted by Gasteiger charge is 2.16. The van der Waals surface area contributed by atoms with E-state index >= 15 is 0 Å². The van der Waals surface area contributed by atoms with Gasteiger partial charge in [-0.25, -0.2) is 0 Å². The predicted octanol–water partition coefficient (Wildman–Crippen LogP) is 4.13. The van der Waals surface area contributed by atoms with Crippen LogP contribution in [0.15, 0.2) is 42.5 Å². The van der Waals surface area contributed by atoms with Gasteiger partial charge in [-0.2, -0.15) is 0 Å². The molecule has 0 aliphatic carbocycles. The predicted molar refractivity (Wildman–Crippen MR) is 103 cm³/mol. The van der Waals surface area contributed by atoms with Crippen LogP contribution in [0.4, 0.5) is 5.69 Å². The first-order valence-electron chi connectivity index (χ1n) is 8.81. The molecular formula is C21H30N2O. The molecule has 0 heterocycles. The van der Waals surface area contributed by atoms with E-state index in [9.17, 15) is 0 Å². The fourth-order valence-corrected chi connectivity index (χ4v) is 3.21. The standard InChI is InChI=1S/C21H30N2O/c1-5-23(6-2)19-10-8-17(9-11-19)14-18(15-22)20-13-16(3)7-12-21(20)24-4/h7-13,18H,5-6,14-15,22H2,1-4H3. The Balaban J connectivity index is 2.20. The Hall–Kier alpha value is -2.00. The highest BCUT2D eigenvalue weighted by atomic mass is 16.5. The highest BCUT2D eigenvalue weighted by Crippen LogP contribution is 2.30. The van der Waals surface area contributed by atoms with Gasteiger partial charge in [0.15, 0.2) is 0 Å². The van der Waals surface area contributed by atoms with Gasteiger partial charge in [0.05, 0.1) is 7.11 Å². The normalized spacial score (nSPS) is 12.0. The molecule has 2 aromatic rings. The molecule has 1 atom stereocenters. The first-order valence-corrected chi connectivity index (χ1v) is 8.81. The minimum Gasteiger partial charge on any atom is -0.496 e. The molecule has 0 aliphatic rings. The molecule has 0 amide bonds. The quantitative estimate of drug-likeness (QED) is 0.792. The largest absolute Gasteiger partial charge is 0.496 e. The number of ether oxygens (including phenoxy) is 1. The number of nitrogens with zero attached hydrogens (tertiary/aromatic N) is 1. The maximum atomic E-state index is 6.08. The first-order chi connectivity index (χ1) is 11.6. The second kappa shape index (κ2) is 8.74. The number of hydrogen-bond donors (Lipinski definition) is 1. The number of anilines is 1.